The fourth-order valence-electron chi connectivity index (χ4n) is 6.21. The van der Waals surface area contributed by atoms with Crippen LogP contribution in [0.5, 0.6) is 0 Å². The molecule has 184 valence electrons. The van der Waals surface area contributed by atoms with E-state index in [0.29, 0.717) is 5.41 Å². The predicted octanol–water partition coefficient (Wildman–Crippen LogP) is 3.15. The Hall–Kier alpha value is -2.44. The van der Waals surface area contributed by atoms with E-state index in [1.807, 2.05) is 13.8 Å². The zero-order valence-electron chi connectivity index (χ0n) is 21.2. The van der Waals surface area contributed by atoms with Crippen molar-refractivity contribution >= 4 is 11.4 Å². The summed E-state index contributed by atoms with van der Waals surface area (Å²) in [7, 11) is 2.24. The minimum absolute atomic E-state index is 0.237. The molecule has 0 bridgehead atoms. The Morgan fingerprint density at radius 1 is 0.912 bits per heavy atom. The van der Waals surface area contributed by atoms with Crippen molar-refractivity contribution in [2.24, 2.45) is 5.41 Å². The maximum atomic E-state index is 3.83. The van der Waals surface area contributed by atoms with Gasteiger partial charge in [-0.2, -0.15) is 0 Å². The SMILES string of the molecule is CC.CN1CC(C2C=C(N3CCC4(CCNC4)C3)c3ccccc3N2)=CC=C1N1CCNCC1. The summed E-state index contributed by atoms with van der Waals surface area (Å²) in [5, 5.41) is 10.9. The van der Waals surface area contributed by atoms with Crippen molar-refractivity contribution in [3.63, 3.8) is 0 Å². The second kappa shape index (κ2) is 10.0. The van der Waals surface area contributed by atoms with Crippen LogP contribution >= 0.6 is 0 Å². The van der Waals surface area contributed by atoms with Crippen LogP contribution in [0.15, 0.2) is 53.9 Å². The fourth-order valence-corrected chi connectivity index (χ4v) is 6.21. The molecule has 5 heterocycles. The maximum absolute atomic E-state index is 3.83. The van der Waals surface area contributed by atoms with Gasteiger partial charge < -0.3 is 30.7 Å². The number of piperazine rings is 1. The highest BCUT2D eigenvalue weighted by Crippen LogP contribution is 2.42. The van der Waals surface area contributed by atoms with Crippen molar-refractivity contribution in [3.05, 3.63) is 59.5 Å². The Morgan fingerprint density at radius 3 is 2.50 bits per heavy atom. The van der Waals surface area contributed by atoms with Gasteiger partial charge in [-0.15, -0.1) is 0 Å². The molecular weight excluding hydrogens is 420 g/mol. The van der Waals surface area contributed by atoms with Gasteiger partial charge in [-0.1, -0.05) is 38.1 Å². The lowest BCUT2D eigenvalue weighted by molar-refractivity contribution is 0.217. The maximum Gasteiger partial charge on any atom is 0.104 e. The number of allylic oxidation sites excluding steroid dienone is 2. The van der Waals surface area contributed by atoms with Crippen molar-refractivity contribution < 1.29 is 0 Å². The molecule has 1 aromatic carbocycles. The average Bonchev–Trinajstić information content (AvgIpc) is 3.54. The van der Waals surface area contributed by atoms with E-state index in [0.717, 1.165) is 32.7 Å². The van der Waals surface area contributed by atoms with Gasteiger partial charge in [0.25, 0.3) is 0 Å². The molecule has 0 aromatic heterocycles. The van der Waals surface area contributed by atoms with E-state index in [-0.39, 0.29) is 6.04 Å². The second-order valence-electron chi connectivity index (χ2n) is 10.2. The van der Waals surface area contributed by atoms with Crippen molar-refractivity contribution in [1.82, 2.24) is 25.3 Å². The highest BCUT2D eigenvalue weighted by molar-refractivity contribution is 5.80. The molecule has 6 nitrogen and oxygen atoms in total. The number of rotatable bonds is 3. The van der Waals surface area contributed by atoms with Crippen LogP contribution in [0, 0.1) is 5.41 Å². The normalized spacial score (nSPS) is 28.5. The third-order valence-electron chi connectivity index (χ3n) is 8.05. The van der Waals surface area contributed by atoms with Crippen LogP contribution in [0.3, 0.4) is 0 Å². The predicted molar refractivity (Wildman–Crippen MR) is 143 cm³/mol. The van der Waals surface area contributed by atoms with Crippen molar-refractivity contribution in [2.45, 2.75) is 32.7 Å². The molecule has 0 aliphatic carbocycles. The summed E-state index contributed by atoms with van der Waals surface area (Å²) in [5.41, 5.74) is 5.96. The largest absolute Gasteiger partial charge is 0.374 e. The highest BCUT2D eigenvalue weighted by atomic mass is 15.3. The quantitative estimate of drug-likeness (QED) is 0.642. The van der Waals surface area contributed by atoms with Crippen LogP contribution in [-0.4, -0.2) is 86.7 Å². The highest BCUT2D eigenvalue weighted by Gasteiger charge is 2.42. The standard InChI is InChI=1S/C26H36N6.C2H6/c1-30-17-20(6-7-25(30)31-14-11-27-12-15-31)23-16-24(21-4-2-3-5-22(21)29-23)32-13-9-26(19-32)8-10-28-18-26;1-2/h2-7,16,23,27-29H,8-15,17-19H2,1H3;1-2H3. The molecule has 6 heteroatoms. The summed E-state index contributed by atoms with van der Waals surface area (Å²) in [4.78, 5) is 7.59. The van der Waals surface area contributed by atoms with Gasteiger partial charge in [0.15, 0.2) is 0 Å². The van der Waals surface area contributed by atoms with Gasteiger partial charge in [-0.05, 0) is 43.2 Å². The van der Waals surface area contributed by atoms with Gasteiger partial charge in [0.1, 0.15) is 5.82 Å². The summed E-state index contributed by atoms with van der Waals surface area (Å²) < 4.78 is 0. The van der Waals surface area contributed by atoms with Crippen LogP contribution in [0.2, 0.25) is 0 Å². The summed E-state index contributed by atoms with van der Waals surface area (Å²) >= 11 is 0. The third kappa shape index (κ3) is 4.46. The van der Waals surface area contributed by atoms with E-state index in [1.165, 1.54) is 67.4 Å². The van der Waals surface area contributed by atoms with Gasteiger partial charge in [-0.25, -0.2) is 0 Å². The van der Waals surface area contributed by atoms with Crippen molar-refractivity contribution in [1.29, 1.82) is 0 Å². The zero-order chi connectivity index (χ0) is 23.5. The first kappa shape index (κ1) is 23.3. The van der Waals surface area contributed by atoms with Crippen LogP contribution < -0.4 is 16.0 Å². The molecule has 2 atom stereocenters. The topological polar surface area (TPSA) is 45.8 Å². The van der Waals surface area contributed by atoms with E-state index in [1.54, 1.807) is 0 Å². The van der Waals surface area contributed by atoms with Crippen LogP contribution in [0.25, 0.3) is 5.70 Å². The average molecular weight is 463 g/mol. The smallest absolute Gasteiger partial charge is 0.104 e. The molecule has 6 rings (SSSR count). The molecule has 0 saturated carbocycles. The number of benzene rings is 1. The lowest BCUT2D eigenvalue weighted by Gasteiger charge is -2.40. The molecule has 3 fully saturated rings. The monoisotopic (exact) mass is 462 g/mol. The van der Waals surface area contributed by atoms with Crippen LogP contribution in [0.4, 0.5) is 5.69 Å². The molecule has 3 N–H and O–H groups in total. The fraction of sp³-hybridized carbons (Fsp3) is 0.571. The number of para-hydroxylation sites is 1. The Morgan fingerprint density at radius 2 is 1.74 bits per heavy atom. The lowest BCUT2D eigenvalue weighted by Crippen LogP contribution is -2.47. The van der Waals surface area contributed by atoms with Crippen molar-refractivity contribution in [2.75, 3.05) is 71.3 Å². The van der Waals surface area contributed by atoms with Crippen LogP contribution in [-0.2, 0) is 0 Å². The van der Waals surface area contributed by atoms with Gasteiger partial charge in [0.2, 0.25) is 0 Å². The van der Waals surface area contributed by atoms with E-state index >= 15 is 0 Å². The number of nitrogens with zero attached hydrogens (tertiary/aromatic N) is 3. The molecule has 3 saturated heterocycles. The third-order valence-corrected chi connectivity index (χ3v) is 8.05. The second-order valence-corrected chi connectivity index (χ2v) is 10.2. The van der Waals surface area contributed by atoms with Gasteiger partial charge >= 0.3 is 0 Å². The number of likely N-dealkylation sites (N-methyl/N-ethyl adjacent to an activating group) is 1. The Balaban J connectivity index is 0.00000117. The molecule has 2 unspecified atom stereocenters. The number of hydrogen-bond donors (Lipinski definition) is 3. The first-order valence-corrected chi connectivity index (χ1v) is 13.3. The molecule has 5 aliphatic heterocycles. The number of hydrogen-bond acceptors (Lipinski definition) is 6. The number of fused-ring (bicyclic) bond motifs is 1. The van der Waals surface area contributed by atoms with Crippen LogP contribution in [0.1, 0.15) is 32.3 Å². The minimum atomic E-state index is 0.237. The molecular formula is C28H42N6. The molecule has 0 amide bonds. The number of anilines is 1. The first-order chi connectivity index (χ1) is 16.7. The summed E-state index contributed by atoms with van der Waals surface area (Å²) in [6, 6.07) is 9.09. The lowest BCUT2D eigenvalue weighted by atomic mass is 9.86. The van der Waals surface area contributed by atoms with Gasteiger partial charge in [0.05, 0.1) is 6.04 Å². The number of nitrogens with one attached hydrogen (secondary N) is 3. The van der Waals surface area contributed by atoms with E-state index in [2.05, 4.69) is 80.2 Å². The summed E-state index contributed by atoms with van der Waals surface area (Å²) in [5.74, 6) is 1.35. The Bertz CT molecular complexity index is 951. The van der Waals surface area contributed by atoms with E-state index in [9.17, 15) is 0 Å². The molecule has 34 heavy (non-hydrogen) atoms. The van der Waals surface area contributed by atoms with Gasteiger partial charge in [-0.3, -0.25) is 0 Å². The summed E-state index contributed by atoms with van der Waals surface area (Å²) in [6.07, 6.45) is 9.81. The Labute approximate surface area is 205 Å². The van der Waals surface area contributed by atoms with Gasteiger partial charge in [0, 0.05) is 81.8 Å². The molecule has 0 radical (unpaired) electrons. The molecule has 1 aromatic rings. The Kier molecular flexibility index (Phi) is 6.89. The summed E-state index contributed by atoms with van der Waals surface area (Å²) in [6.45, 7) is 14.0. The van der Waals surface area contributed by atoms with E-state index < -0.39 is 0 Å². The minimum Gasteiger partial charge on any atom is -0.374 e. The zero-order valence-corrected chi connectivity index (χ0v) is 21.2. The van der Waals surface area contributed by atoms with E-state index in [4.69, 9.17) is 0 Å². The molecule has 1 spiro atoms. The number of likely N-dealkylation sites (tertiary alicyclic amines) is 1. The van der Waals surface area contributed by atoms with Crippen molar-refractivity contribution in [3.8, 4) is 0 Å². The first-order valence-electron chi connectivity index (χ1n) is 13.3. The molecule has 5 aliphatic rings.